The van der Waals surface area contributed by atoms with Gasteiger partial charge in [-0.2, -0.15) is 0 Å². The third-order valence-corrected chi connectivity index (χ3v) is 6.11. The Morgan fingerprint density at radius 3 is 2.74 bits per heavy atom. The SMILES string of the molecule is Cc1cc([N+](=O)[O-])ccc1-c1ccc(C=C2SC(=Nc3cccc(Cl)c3Cl)NC2=O)o1. The van der Waals surface area contributed by atoms with Crippen molar-refractivity contribution in [2.45, 2.75) is 6.92 Å². The maximum Gasteiger partial charge on any atom is 0.269 e. The van der Waals surface area contributed by atoms with Crippen LogP contribution in [-0.2, 0) is 4.79 Å². The molecule has 1 N–H and O–H groups in total. The lowest BCUT2D eigenvalue weighted by atomic mass is 10.1. The van der Waals surface area contributed by atoms with Crippen LogP contribution in [0.25, 0.3) is 17.4 Å². The van der Waals surface area contributed by atoms with E-state index in [9.17, 15) is 14.9 Å². The van der Waals surface area contributed by atoms with Crippen molar-refractivity contribution in [3.05, 3.63) is 84.9 Å². The molecule has 1 fully saturated rings. The Labute approximate surface area is 190 Å². The molecule has 0 unspecified atom stereocenters. The first-order valence-electron chi connectivity index (χ1n) is 8.90. The number of rotatable bonds is 4. The van der Waals surface area contributed by atoms with Crippen LogP contribution in [-0.4, -0.2) is 16.0 Å². The second-order valence-corrected chi connectivity index (χ2v) is 8.33. The number of nitro benzene ring substituents is 1. The summed E-state index contributed by atoms with van der Waals surface area (Å²) < 4.78 is 5.83. The summed E-state index contributed by atoms with van der Waals surface area (Å²) in [7, 11) is 0. The van der Waals surface area contributed by atoms with Crippen molar-refractivity contribution >= 4 is 63.5 Å². The molecule has 156 valence electrons. The van der Waals surface area contributed by atoms with Gasteiger partial charge in [-0.15, -0.1) is 0 Å². The number of thioether (sulfide) groups is 1. The number of carbonyl (C=O) groups is 1. The van der Waals surface area contributed by atoms with Crippen LogP contribution >= 0.6 is 35.0 Å². The Balaban J connectivity index is 1.57. The lowest BCUT2D eigenvalue weighted by Crippen LogP contribution is -2.19. The number of benzene rings is 2. The molecule has 3 aromatic rings. The summed E-state index contributed by atoms with van der Waals surface area (Å²) in [4.78, 5) is 27.5. The summed E-state index contributed by atoms with van der Waals surface area (Å²) in [6.45, 7) is 1.77. The minimum absolute atomic E-state index is 0.0146. The van der Waals surface area contributed by atoms with Crippen LogP contribution < -0.4 is 5.32 Å². The second-order valence-electron chi connectivity index (χ2n) is 6.51. The van der Waals surface area contributed by atoms with Crippen LogP contribution in [0.2, 0.25) is 10.0 Å². The highest BCUT2D eigenvalue weighted by atomic mass is 35.5. The number of hydrogen-bond donors (Lipinski definition) is 1. The molecule has 1 aliphatic rings. The van der Waals surface area contributed by atoms with Gasteiger partial charge in [0.15, 0.2) is 5.17 Å². The molecule has 2 aromatic carbocycles. The number of halogens is 2. The fourth-order valence-corrected chi connectivity index (χ4v) is 4.06. The summed E-state index contributed by atoms with van der Waals surface area (Å²) in [6, 6.07) is 13.1. The topological polar surface area (TPSA) is 97.7 Å². The van der Waals surface area contributed by atoms with Gasteiger partial charge in [0.2, 0.25) is 0 Å². The first-order valence-corrected chi connectivity index (χ1v) is 10.5. The van der Waals surface area contributed by atoms with Gasteiger partial charge in [-0.3, -0.25) is 14.9 Å². The highest BCUT2D eigenvalue weighted by molar-refractivity contribution is 8.18. The van der Waals surface area contributed by atoms with Crippen LogP contribution in [0.4, 0.5) is 11.4 Å². The highest BCUT2D eigenvalue weighted by Crippen LogP contribution is 2.35. The Hall–Kier alpha value is -3.07. The molecular formula is C21H13Cl2N3O4S. The van der Waals surface area contributed by atoms with Crippen molar-refractivity contribution in [3.63, 3.8) is 0 Å². The third-order valence-electron chi connectivity index (χ3n) is 4.39. The fourth-order valence-electron chi connectivity index (χ4n) is 2.91. The first kappa shape index (κ1) is 21.2. The van der Waals surface area contributed by atoms with E-state index in [4.69, 9.17) is 27.6 Å². The molecule has 1 aliphatic heterocycles. The van der Waals surface area contributed by atoms with E-state index < -0.39 is 4.92 Å². The molecule has 2 heterocycles. The number of aliphatic imine (C=N–C) groups is 1. The zero-order valence-electron chi connectivity index (χ0n) is 15.9. The van der Waals surface area contributed by atoms with Crippen LogP contribution in [0.15, 0.2) is 62.8 Å². The van der Waals surface area contributed by atoms with E-state index >= 15 is 0 Å². The zero-order valence-corrected chi connectivity index (χ0v) is 18.2. The van der Waals surface area contributed by atoms with E-state index in [1.165, 1.54) is 12.1 Å². The van der Waals surface area contributed by atoms with E-state index in [0.29, 0.717) is 42.9 Å². The molecule has 0 saturated carbocycles. The van der Waals surface area contributed by atoms with Crippen LogP contribution in [0.1, 0.15) is 11.3 Å². The minimum atomic E-state index is -0.444. The predicted octanol–water partition coefficient (Wildman–Crippen LogP) is 6.36. The molecule has 1 amide bonds. The largest absolute Gasteiger partial charge is 0.457 e. The van der Waals surface area contributed by atoms with Crippen LogP contribution in [0, 0.1) is 17.0 Å². The van der Waals surface area contributed by atoms with Gasteiger partial charge in [0.25, 0.3) is 11.6 Å². The van der Waals surface area contributed by atoms with Gasteiger partial charge >= 0.3 is 0 Å². The number of nitrogens with one attached hydrogen (secondary N) is 1. The zero-order chi connectivity index (χ0) is 22.1. The summed E-state index contributed by atoms with van der Waals surface area (Å²) in [5.41, 5.74) is 1.91. The van der Waals surface area contributed by atoms with Gasteiger partial charge in [0.1, 0.15) is 11.5 Å². The van der Waals surface area contributed by atoms with Crippen molar-refractivity contribution in [1.82, 2.24) is 5.32 Å². The monoisotopic (exact) mass is 473 g/mol. The molecule has 0 atom stereocenters. The molecule has 4 rings (SSSR count). The number of non-ortho nitro benzene ring substituents is 1. The Morgan fingerprint density at radius 2 is 2.00 bits per heavy atom. The number of furan rings is 1. The quantitative estimate of drug-likeness (QED) is 0.270. The van der Waals surface area contributed by atoms with E-state index in [1.54, 1.807) is 49.4 Å². The smallest absolute Gasteiger partial charge is 0.269 e. The number of nitro groups is 1. The summed E-state index contributed by atoms with van der Waals surface area (Å²) in [5, 5.41) is 14.6. The number of amidine groups is 1. The Bertz CT molecular complexity index is 1280. The highest BCUT2D eigenvalue weighted by Gasteiger charge is 2.25. The lowest BCUT2D eigenvalue weighted by Gasteiger charge is -2.02. The summed E-state index contributed by atoms with van der Waals surface area (Å²) in [6.07, 6.45) is 1.60. The van der Waals surface area contributed by atoms with E-state index in [1.807, 2.05) is 0 Å². The van der Waals surface area contributed by atoms with Gasteiger partial charge in [0.05, 0.1) is 25.6 Å². The second kappa shape index (κ2) is 8.58. The fraction of sp³-hybridized carbons (Fsp3) is 0.0476. The predicted molar refractivity (Wildman–Crippen MR) is 123 cm³/mol. The molecule has 31 heavy (non-hydrogen) atoms. The number of nitrogens with zero attached hydrogens (tertiary/aromatic N) is 2. The maximum absolute atomic E-state index is 12.3. The average Bonchev–Trinajstić information content (AvgIpc) is 3.32. The molecule has 1 aromatic heterocycles. The number of carbonyl (C=O) groups excluding carboxylic acids is 1. The number of amides is 1. The number of hydrogen-bond acceptors (Lipinski definition) is 6. The van der Waals surface area contributed by atoms with E-state index in [0.717, 1.165) is 17.3 Å². The van der Waals surface area contributed by atoms with Crippen molar-refractivity contribution in [2.24, 2.45) is 4.99 Å². The van der Waals surface area contributed by atoms with Crippen molar-refractivity contribution < 1.29 is 14.1 Å². The lowest BCUT2D eigenvalue weighted by molar-refractivity contribution is -0.384. The van der Waals surface area contributed by atoms with Crippen LogP contribution in [0.3, 0.4) is 0 Å². The Morgan fingerprint density at radius 1 is 1.19 bits per heavy atom. The van der Waals surface area contributed by atoms with Crippen molar-refractivity contribution in [1.29, 1.82) is 0 Å². The molecule has 7 nitrogen and oxygen atoms in total. The average molecular weight is 474 g/mol. The van der Waals surface area contributed by atoms with Crippen LogP contribution in [0.5, 0.6) is 0 Å². The summed E-state index contributed by atoms with van der Waals surface area (Å²) in [5.74, 6) is 0.695. The third kappa shape index (κ3) is 4.51. The maximum atomic E-state index is 12.3. The molecule has 0 aliphatic carbocycles. The molecular weight excluding hydrogens is 461 g/mol. The molecule has 10 heteroatoms. The van der Waals surface area contributed by atoms with Crippen molar-refractivity contribution in [2.75, 3.05) is 0 Å². The molecule has 1 saturated heterocycles. The normalized spacial score (nSPS) is 16.2. The molecule has 0 radical (unpaired) electrons. The molecule has 0 bridgehead atoms. The first-order chi connectivity index (χ1) is 14.8. The van der Waals surface area contributed by atoms with Gasteiger partial charge in [-0.05, 0) is 54.6 Å². The van der Waals surface area contributed by atoms with Gasteiger partial charge < -0.3 is 9.73 Å². The van der Waals surface area contributed by atoms with Crippen molar-refractivity contribution in [3.8, 4) is 11.3 Å². The summed E-state index contributed by atoms with van der Waals surface area (Å²) >= 11 is 13.3. The van der Waals surface area contributed by atoms with Gasteiger partial charge in [-0.25, -0.2) is 4.99 Å². The number of aryl methyl sites for hydroxylation is 1. The minimum Gasteiger partial charge on any atom is -0.457 e. The van der Waals surface area contributed by atoms with E-state index in [2.05, 4.69) is 10.3 Å². The standard InChI is InChI=1S/C21H13Cl2N3O4S/c1-11-9-12(26(28)29)5-7-14(11)17-8-6-13(30-17)10-18-20(27)25-21(31-18)24-16-4-2-3-15(22)19(16)23/h2-10H,1H3,(H,24,25,27). The van der Waals surface area contributed by atoms with Gasteiger partial charge in [-0.1, -0.05) is 29.3 Å². The van der Waals surface area contributed by atoms with E-state index in [-0.39, 0.29) is 11.6 Å². The Kier molecular flexibility index (Phi) is 5.86. The molecule has 0 spiro atoms. The van der Waals surface area contributed by atoms with Gasteiger partial charge in [0, 0.05) is 23.8 Å².